The van der Waals surface area contributed by atoms with Gasteiger partial charge in [0.05, 0.1) is 24.8 Å². The molecule has 2 N–H and O–H groups in total. The van der Waals surface area contributed by atoms with E-state index in [1.54, 1.807) is 30.7 Å². The average Bonchev–Trinajstić information content (AvgIpc) is 3.43. The van der Waals surface area contributed by atoms with Gasteiger partial charge in [-0.2, -0.15) is 0 Å². The van der Waals surface area contributed by atoms with Crippen LogP contribution in [0.2, 0.25) is 0 Å². The van der Waals surface area contributed by atoms with Crippen LogP contribution in [0.4, 0.5) is 0 Å². The summed E-state index contributed by atoms with van der Waals surface area (Å²) in [5.41, 5.74) is 4.16. The van der Waals surface area contributed by atoms with Gasteiger partial charge in [-0.1, -0.05) is 12.1 Å². The molecule has 1 saturated carbocycles. The van der Waals surface area contributed by atoms with Gasteiger partial charge < -0.3 is 15.2 Å². The molecule has 1 amide bonds. The van der Waals surface area contributed by atoms with Crippen LogP contribution in [-0.4, -0.2) is 23.1 Å². The molecule has 1 fully saturated rings. The van der Waals surface area contributed by atoms with Gasteiger partial charge in [0.1, 0.15) is 5.75 Å². The normalized spacial score (nSPS) is 14.3. The standard InChI is InChI=1S/C26H24N2O3S/c1-16-5-6-18(31-2)14-21(16)25(30)28-26(9-10-26)22-12-17(24-8-7-19(15-29)32-24)13-23-20(22)4-3-11-27-23/h3-8,11-14,29H,9-10,15H2,1-2H3,(H,28,30). The predicted molar refractivity (Wildman–Crippen MR) is 127 cm³/mol. The van der Waals surface area contributed by atoms with Crippen molar-refractivity contribution in [2.45, 2.75) is 31.9 Å². The number of methoxy groups -OCH3 is 1. The van der Waals surface area contributed by atoms with Crippen LogP contribution in [0.5, 0.6) is 5.75 Å². The molecule has 4 aromatic rings. The third kappa shape index (κ3) is 3.66. The number of nitrogens with one attached hydrogen (secondary N) is 1. The van der Waals surface area contributed by atoms with Gasteiger partial charge >= 0.3 is 0 Å². The highest BCUT2D eigenvalue weighted by Crippen LogP contribution is 2.49. The van der Waals surface area contributed by atoms with Crippen molar-refractivity contribution in [3.8, 4) is 16.2 Å². The van der Waals surface area contributed by atoms with Crippen molar-refractivity contribution < 1.29 is 14.6 Å². The van der Waals surface area contributed by atoms with Crippen LogP contribution < -0.4 is 10.1 Å². The number of fused-ring (bicyclic) bond motifs is 1. The van der Waals surface area contributed by atoms with Crippen LogP contribution in [0.1, 0.15) is 39.2 Å². The number of benzene rings is 2. The second-order valence-corrected chi connectivity index (χ2v) is 9.40. The summed E-state index contributed by atoms with van der Waals surface area (Å²) < 4.78 is 5.32. The number of thiophene rings is 1. The molecule has 0 atom stereocenters. The number of amides is 1. The van der Waals surface area contributed by atoms with Gasteiger partial charge in [0.2, 0.25) is 0 Å². The summed E-state index contributed by atoms with van der Waals surface area (Å²) in [6.45, 7) is 1.96. The van der Waals surface area contributed by atoms with E-state index >= 15 is 0 Å². The topological polar surface area (TPSA) is 71.5 Å². The first kappa shape index (κ1) is 20.7. The van der Waals surface area contributed by atoms with Crippen LogP contribution in [0.15, 0.2) is 60.8 Å². The zero-order valence-corrected chi connectivity index (χ0v) is 18.8. The zero-order valence-electron chi connectivity index (χ0n) is 18.0. The summed E-state index contributed by atoms with van der Waals surface area (Å²) in [5, 5.41) is 13.8. The predicted octanol–water partition coefficient (Wildman–Crippen LogP) is 5.19. The van der Waals surface area contributed by atoms with Crippen molar-refractivity contribution in [2.24, 2.45) is 0 Å². The molecule has 1 aliphatic rings. The minimum atomic E-state index is -0.416. The number of hydrogen-bond acceptors (Lipinski definition) is 5. The van der Waals surface area contributed by atoms with E-state index in [9.17, 15) is 9.90 Å². The number of nitrogens with zero attached hydrogens (tertiary/aromatic N) is 1. The molecule has 1 aliphatic carbocycles. The summed E-state index contributed by atoms with van der Waals surface area (Å²) in [4.78, 5) is 19.9. The van der Waals surface area contributed by atoms with Crippen molar-refractivity contribution in [3.05, 3.63) is 82.4 Å². The maximum absolute atomic E-state index is 13.3. The Hall–Kier alpha value is -3.22. The molecule has 0 saturated heterocycles. The van der Waals surface area contributed by atoms with Gasteiger partial charge in [-0.3, -0.25) is 9.78 Å². The highest BCUT2D eigenvalue weighted by Gasteiger charge is 2.47. The Morgan fingerprint density at radius 2 is 2.03 bits per heavy atom. The summed E-state index contributed by atoms with van der Waals surface area (Å²) in [5.74, 6) is 0.569. The Bertz CT molecular complexity index is 1320. The first-order valence-corrected chi connectivity index (χ1v) is 11.4. The first-order chi connectivity index (χ1) is 15.5. The lowest BCUT2D eigenvalue weighted by Gasteiger charge is -2.22. The third-order valence-electron chi connectivity index (χ3n) is 6.13. The molecule has 2 heterocycles. The fourth-order valence-corrected chi connectivity index (χ4v) is 5.04. The van der Waals surface area contributed by atoms with Crippen molar-refractivity contribution >= 4 is 28.1 Å². The number of carbonyl (C=O) groups is 1. The second-order valence-electron chi connectivity index (χ2n) is 8.24. The maximum Gasteiger partial charge on any atom is 0.252 e. The largest absolute Gasteiger partial charge is 0.497 e. The molecule has 0 spiro atoms. The van der Waals surface area contributed by atoms with E-state index in [0.717, 1.165) is 50.2 Å². The molecule has 0 aliphatic heterocycles. The number of aliphatic hydroxyl groups excluding tert-OH is 1. The van der Waals surface area contributed by atoms with E-state index in [1.807, 2.05) is 37.3 Å². The van der Waals surface area contributed by atoms with Gasteiger partial charge in [-0.05, 0) is 78.9 Å². The van der Waals surface area contributed by atoms with Crippen LogP contribution in [0.3, 0.4) is 0 Å². The second kappa shape index (κ2) is 8.04. The first-order valence-electron chi connectivity index (χ1n) is 10.6. The molecule has 0 bridgehead atoms. The highest BCUT2D eigenvalue weighted by molar-refractivity contribution is 7.15. The number of pyridine rings is 1. The number of aliphatic hydroxyl groups is 1. The number of hydrogen-bond donors (Lipinski definition) is 2. The van der Waals surface area contributed by atoms with Crippen LogP contribution in [0.25, 0.3) is 21.3 Å². The Balaban J connectivity index is 1.57. The number of carbonyl (C=O) groups excluding carboxylic acids is 1. The molecule has 6 heteroatoms. The molecule has 32 heavy (non-hydrogen) atoms. The smallest absolute Gasteiger partial charge is 0.252 e. The fourth-order valence-electron chi connectivity index (χ4n) is 4.18. The molecule has 0 radical (unpaired) electrons. The number of aromatic nitrogens is 1. The minimum absolute atomic E-state index is 0.0310. The lowest BCUT2D eigenvalue weighted by atomic mass is 9.95. The monoisotopic (exact) mass is 444 g/mol. The van der Waals surface area contributed by atoms with Gasteiger partial charge in [0.25, 0.3) is 5.91 Å². The van der Waals surface area contributed by atoms with Crippen LogP contribution >= 0.6 is 11.3 Å². The number of ether oxygens (including phenoxy) is 1. The summed E-state index contributed by atoms with van der Waals surface area (Å²) in [7, 11) is 1.60. The molecular weight excluding hydrogens is 420 g/mol. The zero-order chi connectivity index (χ0) is 22.3. The minimum Gasteiger partial charge on any atom is -0.497 e. The third-order valence-corrected chi connectivity index (χ3v) is 7.25. The highest BCUT2D eigenvalue weighted by atomic mass is 32.1. The molecule has 0 unspecified atom stereocenters. The van der Waals surface area contributed by atoms with Gasteiger partial charge in [-0.15, -0.1) is 11.3 Å². The van der Waals surface area contributed by atoms with E-state index in [0.29, 0.717) is 11.3 Å². The van der Waals surface area contributed by atoms with E-state index in [1.165, 1.54) is 0 Å². The van der Waals surface area contributed by atoms with Gasteiger partial charge in [0.15, 0.2) is 0 Å². The van der Waals surface area contributed by atoms with E-state index in [4.69, 9.17) is 4.74 Å². The maximum atomic E-state index is 13.3. The molecule has 2 aromatic carbocycles. The van der Waals surface area contributed by atoms with Crippen LogP contribution in [0, 0.1) is 6.92 Å². The van der Waals surface area contributed by atoms with Crippen molar-refractivity contribution in [1.82, 2.24) is 10.3 Å². The Labute approximate surface area is 190 Å². The van der Waals surface area contributed by atoms with Crippen molar-refractivity contribution in [2.75, 3.05) is 7.11 Å². The average molecular weight is 445 g/mol. The van der Waals surface area contributed by atoms with Crippen molar-refractivity contribution in [3.63, 3.8) is 0 Å². The van der Waals surface area contributed by atoms with E-state index in [-0.39, 0.29) is 12.5 Å². The molecule has 5 rings (SSSR count). The summed E-state index contributed by atoms with van der Waals surface area (Å²) >= 11 is 1.57. The fraction of sp³-hybridized carbons (Fsp3) is 0.231. The van der Waals surface area contributed by atoms with E-state index in [2.05, 4.69) is 28.5 Å². The summed E-state index contributed by atoms with van der Waals surface area (Å²) in [6, 6.07) is 17.8. The van der Waals surface area contributed by atoms with Gasteiger partial charge in [0, 0.05) is 26.9 Å². The Morgan fingerprint density at radius 1 is 1.19 bits per heavy atom. The lowest BCUT2D eigenvalue weighted by Crippen LogP contribution is -2.35. The van der Waals surface area contributed by atoms with Crippen LogP contribution in [-0.2, 0) is 12.1 Å². The van der Waals surface area contributed by atoms with Crippen molar-refractivity contribution in [1.29, 1.82) is 0 Å². The molecular formula is C26H24N2O3S. The Morgan fingerprint density at radius 3 is 2.75 bits per heavy atom. The Kier molecular flexibility index (Phi) is 5.19. The number of aryl methyl sites for hydroxylation is 1. The van der Waals surface area contributed by atoms with Gasteiger partial charge in [-0.25, -0.2) is 0 Å². The molecule has 2 aromatic heterocycles. The molecule has 162 valence electrons. The van der Waals surface area contributed by atoms with E-state index < -0.39 is 5.54 Å². The SMILES string of the molecule is COc1ccc(C)c(C(=O)NC2(c3cc(-c4ccc(CO)s4)cc4ncccc34)CC2)c1. The number of rotatable bonds is 6. The lowest BCUT2D eigenvalue weighted by molar-refractivity contribution is 0.0930. The summed E-state index contributed by atoms with van der Waals surface area (Å²) in [6.07, 6.45) is 3.55. The quantitative estimate of drug-likeness (QED) is 0.429. The molecule has 5 nitrogen and oxygen atoms in total.